The number of H-pyrrole nitrogens is 1. The Morgan fingerprint density at radius 2 is 2.24 bits per heavy atom. The minimum Gasteiger partial charge on any atom is -0.357 e. The van der Waals surface area contributed by atoms with Crippen LogP contribution in [0.4, 0.5) is 0 Å². The molecule has 140 valence electrons. The molecule has 0 saturated heterocycles. The fourth-order valence-corrected chi connectivity index (χ4v) is 2.87. The first-order valence-corrected chi connectivity index (χ1v) is 8.68. The van der Waals surface area contributed by atoms with Crippen molar-refractivity contribution in [2.45, 2.75) is 33.2 Å². The number of aliphatic imine (C=N–C) groups is 1. The zero-order valence-corrected chi connectivity index (χ0v) is 18.4. The molecule has 0 radical (unpaired) electrons. The van der Waals surface area contributed by atoms with Crippen LogP contribution in [0.3, 0.4) is 0 Å². The van der Waals surface area contributed by atoms with E-state index in [9.17, 15) is 0 Å². The maximum atomic E-state index is 6.06. The highest BCUT2D eigenvalue weighted by Crippen LogP contribution is 2.14. The van der Waals surface area contributed by atoms with Gasteiger partial charge in [0.2, 0.25) is 0 Å². The third-order valence-electron chi connectivity index (χ3n) is 3.97. The highest BCUT2D eigenvalue weighted by atomic mass is 127. The average Bonchev–Trinajstić information content (AvgIpc) is 3.07. The Morgan fingerprint density at radius 1 is 1.48 bits per heavy atom. The van der Waals surface area contributed by atoms with Crippen molar-refractivity contribution in [1.82, 2.24) is 25.0 Å². The van der Waals surface area contributed by atoms with E-state index in [-0.39, 0.29) is 24.0 Å². The fraction of sp³-hybridized carbons (Fsp3) is 0.529. The number of halogens is 2. The first-order valence-electron chi connectivity index (χ1n) is 8.30. The lowest BCUT2D eigenvalue weighted by molar-refractivity contribution is 0.461. The second kappa shape index (κ2) is 10.7. The van der Waals surface area contributed by atoms with Crippen LogP contribution in [0.25, 0.3) is 0 Å². The molecule has 0 unspecified atom stereocenters. The summed E-state index contributed by atoms with van der Waals surface area (Å²) in [5, 5.41) is 11.1. The molecule has 2 heterocycles. The lowest BCUT2D eigenvalue weighted by atomic mass is 10.1. The average molecular weight is 479 g/mol. The summed E-state index contributed by atoms with van der Waals surface area (Å²) < 4.78 is 2.05. The molecule has 2 N–H and O–H groups in total. The molecule has 2 aromatic heterocycles. The molecule has 25 heavy (non-hydrogen) atoms. The summed E-state index contributed by atoms with van der Waals surface area (Å²) in [6.45, 7) is 6.52. The van der Waals surface area contributed by atoms with Crippen LogP contribution in [0.2, 0.25) is 5.02 Å². The van der Waals surface area contributed by atoms with Crippen LogP contribution in [0, 0.1) is 6.92 Å². The van der Waals surface area contributed by atoms with Gasteiger partial charge in [-0.25, -0.2) is 0 Å². The fourth-order valence-electron chi connectivity index (χ4n) is 2.59. The standard InChI is InChI=1S/C17H27ClN6.HI/c1-5-19-17(20-8-6-7-14-10-21-22-13(14)2)24(4)12-16-9-15(18)11-23(16)3;/h9-11H,5-8,12H2,1-4H3,(H,19,20)(H,21,22);1H. The Labute approximate surface area is 172 Å². The first-order chi connectivity index (χ1) is 11.5. The van der Waals surface area contributed by atoms with Crippen molar-refractivity contribution < 1.29 is 0 Å². The third kappa shape index (κ3) is 6.54. The van der Waals surface area contributed by atoms with Crippen molar-refractivity contribution in [2.75, 3.05) is 20.1 Å². The van der Waals surface area contributed by atoms with Crippen molar-refractivity contribution in [2.24, 2.45) is 12.0 Å². The number of nitrogens with one attached hydrogen (secondary N) is 2. The van der Waals surface area contributed by atoms with E-state index in [1.807, 2.05) is 37.1 Å². The second-order valence-electron chi connectivity index (χ2n) is 5.98. The summed E-state index contributed by atoms with van der Waals surface area (Å²) in [5.41, 5.74) is 3.56. The van der Waals surface area contributed by atoms with Crippen molar-refractivity contribution in [3.63, 3.8) is 0 Å². The van der Waals surface area contributed by atoms with Crippen LogP contribution < -0.4 is 5.32 Å². The number of aromatic amines is 1. The molecular weight excluding hydrogens is 451 g/mol. The maximum absolute atomic E-state index is 6.06. The van der Waals surface area contributed by atoms with Gasteiger partial charge in [-0.1, -0.05) is 11.6 Å². The molecule has 0 amide bonds. The number of guanidine groups is 1. The van der Waals surface area contributed by atoms with Gasteiger partial charge in [0.15, 0.2) is 5.96 Å². The van der Waals surface area contributed by atoms with Crippen LogP contribution in [0.1, 0.15) is 30.3 Å². The van der Waals surface area contributed by atoms with Gasteiger partial charge in [-0.2, -0.15) is 5.10 Å². The molecule has 0 aliphatic rings. The van der Waals surface area contributed by atoms with Gasteiger partial charge in [0.1, 0.15) is 0 Å². The van der Waals surface area contributed by atoms with Crippen molar-refractivity contribution in [1.29, 1.82) is 0 Å². The van der Waals surface area contributed by atoms with Crippen LogP contribution >= 0.6 is 35.6 Å². The van der Waals surface area contributed by atoms with E-state index in [2.05, 4.69) is 34.3 Å². The lowest BCUT2D eigenvalue weighted by Gasteiger charge is -2.22. The summed E-state index contributed by atoms with van der Waals surface area (Å²) in [6, 6.07) is 1.99. The van der Waals surface area contributed by atoms with Gasteiger partial charge in [0.25, 0.3) is 0 Å². The van der Waals surface area contributed by atoms with E-state index in [0.29, 0.717) is 0 Å². The Bertz CT molecular complexity index is 678. The van der Waals surface area contributed by atoms with Gasteiger partial charge >= 0.3 is 0 Å². The molecule has 0 aliphatic carbocycles. The van der Waals surface area contributed by atoms with Crippen LogP contribution in [-0.2, 0) is 20.0 Å². The number of hydrogen-bond donors (Lipinski definition) is 2. The van der Waals surface area contributed by atoms with Gasteiger partial charge in [0.05, 0.1) is 17.8 Å². The third-order valence-corrected chi connectivity index (χ3v) is 4.18. The Kier molecular flexibility index (Phi) is 9.34. The maximum Gasteiger partial charge on any atom is 0.194 e. The largest absolute Gasteiger partial charge is 0.357 e. The van der Waals surface area contributed by atoms with Gasteiger partial charge < -0.3 is 14.8 Å². The molecule has 0 saturated carbocycles. The SMILES string of the molecule is CCNC(=NCCCc1cn[nH]c1C)N(C)Cc1cc(Cl)cn1C.I. The number of nitrogens with zero attached hydrogens (tertiary/aromatic N) is 4. The molecule has 0 fully saturated rings. The highest BCUT2D eigenvalue weighted by Gasteiger charge is 2.09. The Morgan fingerprint density at radius 3 is 2.80 bits per heavy atom. The molecule has 2 rings (SSSR count). The van der Waals surface area contributed by atoms with Crippen LogP contribution in [0.5, 0.6) is 0 Å². The Hall–Kier alpha value is -1.22. The number of rotatable bonds is 7. The van der Waals surface area contributed by atoms with Gasteiger partial charge in [-0.05, 0) is 38.3 Å². The van der Waals surface area contributed by atoms with Crippen molar-refractivity contribution in [3.05, 3.63) is 40.4 Å². The topological polar surface area (TPSA) is 61.2 Å². The summed E-state index contributed by atoms with van der Waals surface area (Å²) >= 11 is 6.06. The quantitative estimate of drug-likeness (QED) is 0.278. The van der Waals surface area contributed by atoms with Crippen molar-refractivity contribution in [3.8, 4) is 0 Å². The highest BCUT2D eigenvalue weighted by molar-refractivity contribution is 14.0. The number of hydrogen-bond acceptors (Lipinski definition) is 2. The normalized spacial score (nSPS) is 11.3. The summed E-state index contributed by atoms with van der Waals surface area (Å²) in [6.07, 6.45) is 5.80. The number of aromatic nitrogens is 3. The van der Waals surface area contributed by atoms with E-state index in [1.165, 1.54) is 5.56 Å². The van der Waals surface area contributed by atoms with Gasteiger partial charge in [-0.15, -0.1) is 24.0 Å². The van der Waals surface area contributed by atoms with E-state index >= 15 is 0 Å². The second-order valence-corrected chi connectivity index (χ2v) is 6.41. The summed E-state index contributed by atoms with van der Waals surface area (Å²) in [7, 11) is 4.05. The first kappa shape index (κ1) is 21.8. The molecule has 6 nitrogen and oxygen atoms in total. The predicted molar refractivity (Wildman–Crippen MR) is 115 cm³/mol. The molecule has 0 aliphatic heterocycles. The molecule has 0 spiro atoms. The summed E-state index contributed by atoms with van der Waals surface area (Å²) in [5.74, 6) is 0.915. The zero-order valence-electron chi connectivity index (χ0n) is 15.3. The number of aryl methyl sites for hydroxylation is 3. The van der Waals surface area contributed by atoms with E-state index in [1.54, 1.807) is 0 Å². The smallest absolute Gasteiger partial charge is 0.194 e. The van der Waals surface area contributed by atoms with E-state index < -0.39 is 0 Å². The van der Waals surface area contributed by atoms with Crippen LogP contribution in [-0.4, -0.2) is 45.8 Å². The lowest BCUT2D eigenvalue weighted by Crippen LogP contribution is -2.38. The minimum absolute atomic E-state index is 0. The Balaban J connectivity index is 0.00000312. The molecular formula is C17H28ClIN6. The van der Waals surface area contributed by atoms with Gasteiger partial charge in [-0.3, -0.25) is 10.1 Å². The molecule has 0 aromatic carbocycles. The van der Waals surface area contributed by atoms with Crippen molar-refractivity contribution >= 4 is 41.5 Å². The molecule has 8 heteroatoms. The molecule has 0 bridgehead atoms. The summed E-state index contributed by atoms with van der Waals surface area (Å²) in [4.78, 5) is 6.86. The monoisotopic (exact) mass is 478 g/mol. The van der Waals surface area contributed by atoms with Gasteiger partial charge in [0, 0.05) is 44.8 Å². The van der Waals surface area contributed by atoms with E-state index in [0.717, 1.165) is 54.8 Å². The predicted octanol–water partition coefficient (Wildman–Crippen LogP) is 3.36. The van der Waals surface area contributed by atoms with Crippen LogP contribution in [0.15, 0.2) is 23.5 Å². The van der Waals surface area contributed by atoms with E-state index in [4.69, 9.17) is 16.6 Å². The molecule has 0 atom stereocenters. The minimum atomic E-state index is 0. The molecule has 2 aromatic rings. The zero-order chi connectivity index (χ0) is 17.5.